The van der Waals surface area contributed by atoms with Crippen LogP contribution in [0.4, 0.5) is 0 Å². The molecule has 0 bridgehead atoms. The first-order chi connectivity index (χ1) is 6.11. The van der Waals surface area contributed by atoms with Gasteiger partial charge in [-0.3, -0.25) is 9.80 Å². The predicted molar refractivity (Wildman–Crippen MR) is 53.9 cm³/mol. The Kier molecular flexibility index (Phi) is 6.54. The van der Waals surface area contributed by atoms with Crippen molar-refractivity contribution in [3.05, 3.63) is 0 Å². The van der Waals surface area contributed by atoms with Crippen molar-refractivity contribution in [2.45, 2.75) is 39.7 Å². The van der Waals surface area contributed by atoms with Crippen LogP contribution in [0.1, 0.15) is 33.6 Å². The molecule has 0 rings (SSSR count). The van der Waals surface area contributed by atoms with Crippen molar-refractivity contribution in [2.75, 3.05) is 13.1 Å². The molecule has 4 nitrogen and oxygen atoms in total. The lowest BCUT2D eigenvalue weighted by Gasteiger charge is -2.25. The molecule has 4 heteroatoms. The number of amides is 1. The molecule has 78 valence electrons. The van der Waals surface area contributed by atoms with E-state index in [0.29, 0.717) is 13.0 Å². The summed E-state index contributed by atoms with van der Waals surface area (Å²) in [5, 5.41) is 1.66. The summed E-state index contributed by atoms with van der Waals surface area (Å²) < 4.78 is 0. The Morgan fingerprint density at radius 2 is 2.15 bits per heavy atom. The minimum Gasteiger partial charge on any atom is -0.330 e. The van der Waals surface area contributed by atoms with Gasteiger partial charge in [-0.05, 0) is 20.3 Å². The van der Waals surface area contributed by atoms with Crippen LogP contribution < -0.4 is 11.2 Å². The molecule has 0 spiro atoms. The lowest BCUT2D eigenvalue weighted by atomic mass is 10.3. The van der Waals surface area contributed by atoms with Gasteiger partial charge in [-0.25, -0.2) is 5.43 Å². The Hall–Kier alpha value is -0.610. The number of hydrogen-bond donors (Lipinski definition) is 2. The van der Waals surface area contributed by atoms with E-state index < -0.39 is 0 Å². The lowest BCUT2D eigenvalue weighted by Crippen LogP contribution is -2.47. The van der Waals surface area contributed by atoms with E-state index in [2.05, 4.69) is 5.43 Å². The average Bonchev–Trinajstić information content (AvgIpc) is 2.03. The van der Waals surface area contributed by atoms with Crippen LogP contribution >= 0.6 is 0 Å². The number of nitrogens with one attached hydrogen (secondary N) is 1. The maximum absolute atomic E-state index is 11.5. The molecular formula is C9H21N3O. The molecule has 0 aliphatic heterocycles. The molecule has 0 fully saturated rings. The molecule has 0 aromatic carbocycles. The van der Waals surface area contributed by atoms with E-state index in [1.54, 1.807) is 5.01 Å². The normalized spacial score (nSPS) is 10.5. The SMILES string of the molecule is CCCN(NC(C)C)C(=O)CCN. The topological polar surface area (TPSA) is 58.4 Å². The van der Waals surface area contributed by atoms with Gasteiger partial charge in [0.2, 0.25) is 5.91 Å². The molecule has 0 aliphatic carbocycles. The van der Waals surface area contributed by atoms with Crippen LogP contribution in [0.5, 0.6) is 0 Å². The largest absolute Gasteiger partial charge is 0.330 e. The van der Waals surface area contributed by atoms with Gasteiger partial charge in [0.1, 0.15) is 0 Å². The molecule has 0 unspecified atom stereocenters. The predicted octanol–water partition coefficient (Wildman–Crippen LogP) is 0.487. The van der Waals surface area contributed by atoms with Gasteiger partial charge in [-0.15, -0.1) is 0 Å². The van der Waals surface area contributed by atoms with E-state index in [0.717, 1.165) is 13.0 Å². The van der Waals surface area contributed by atoms with Crippen LogP contribution in [0.2, 0.25) is 0 Å². The Bertz CT molecular complexity index is 148. The van der Waals surface area contributed by atoms with Crippen molar-refractivity contribution in [2.24, 2.45) is 5.73 Å². The maximum atomic E-state index is 11.5. The fraction of sp³-hybridized carbons (Fsp3) is 0.889. The summed E-state index contributed by atoms with van der Waals surface area (Å²) in [6.07, 6.45) is 1.37. The Morgan fingerprint density at radius 1 is 1.54 bits per heavy atom. The standard InChI is InChI=1S/C9H21N3O/c1-4-7-12(11-8(2)3)9(13)5-6-10/h8,11H,4-7,10H2,1-3H3. The van der Waals surface area contributed by atoms with Crippen molar-refractivity contribution in [3.8, 4) is 0 Å². The highest BCUT2D eigenvalue weighted by atomic mass is 16.2. The molecule has 0 heterocycles. The average molecular weight is 187 g/mol. The minimum absolute atomic E-state index is 0.0815. The third-order valence-electron chi connectivity index (χ3n) is 1.52. The van der Waals surface area contributed by atoms with Gasteiger partial charge in [0, 0.05) is 25.6 Å². The number of nitrogens with zero attached hydrogens (tertiary/aromatic N) is 1. The van der Waals surface area contributed by atoms with E-state index in [9.17, 15) is 4.79 Å². The van der Waals surface area contributed by atoms with Gasteiger partial charge in [-0.2, -0.15) is 0 Å². The minimum atomic E-state index is 0.0815. The molecule has 13 heavy (non-hydrogen) atoms. The first-order valence-corrected chi connectivity index (χ1v) is 4.88. The third kappa shape index (κ3) is 5.60. The number of carbonyl (C=O) groups is 1. The Balaban J connectivity index is 3.98. The maximum Gasteiger partial charge on any atom is 0.237 e. The zero-order valence-electron chi connectivity index (χ0n) is 8.84. The molecule has 0 saturated carbocycles. The summed E-state index contributed by atoms with van der Waals surface area (Å²) in [4.78, 5) is 11.5. The highest BCUT2D eigenvalue weighted by molar-refractivity contribution is 5.75. The van der Waals surface area contributed by atoms with Gasteiger partial charge in [-0.1, -0.05) is 6.92 Å². The second kappa shape index (κ2) is 6.86. The monoisotopic (exact) mass is 187 g/mol. The molecule has 0 radical (unpaired) electrons. The van der Waals surface area contributed by atoms with Crippen LogP contribution in [0.3, 0.4) is 0 Å². The van der Waals surface area contributed by atoms with Gasteiger partial charge < -0.3 is 5.73 Å². The van der Waals surface area contributed by atoms with E-state index >= 15 is 0 Å². The molecule has 3 N–H and O–H groups in total. The smallest absolute Gasteiger partial charge is 0.237 e. The summed E-state index contributed by atoms with van der Waals surface area (Å²) in [5.41, 5.74) is 8.41. The van der Waals surface area contributed by atoms with Crippen molar-refractivity contribution in [1.29, 1.82) is 0 Å². The zero-order valence-corrected chi connectivity index (χ0v) is 8.84. The van der Waals surface area contributed by atoms with E-state index in [1.807, 2.05) is 20.8 Å². The summed E-state index contributed by atoms with van der Waals surface area (Å²) in [6, 6.07) is 0.285. The molecule has 0 aliphatic rings. The van der Waals surface area contributed by atoms with Gasteiger partial charge in [0.05, 0.1) is 0 Å². The first-order valence-electron chi connectivity index (χ1n) is 4.88. The van der Waals surface area contributed by atoms with Gasteiger partial charge in [0.25, 0.3) is 0 Å². The molecule has 0 aromatic heterocycles. The van der Waals surface area contributed by atoms with E-state index in [-0.39, 0.29) is 11.9 Å². The van der Waals surface area contributed by atoms with Crippen LogP contribution in [-0.2, 0) is 4.79 Å². The zero-order chi connectivity index (χ0) is 10.3. The van der Waals surface area contributed by atoms with Crippen molar-refractivity contribution < 1.29 is 4.79 Å². The van der Waals surface area contributed by atoms with Crippen LogP contribution in [0, 0.1) is 0 Å². The van der Waals surface area contributed by atoms with Gasteiger partial charge >= 0.3 is 0 Å². The van der Waals surface area contributed by atoms with Gasteiger partial charge in [0.15, 0.2) is 0 Å². The summed E-state index contributed by atoms with van der Waals surface area (Å²) in [6.45, 7) is 7.23. The molecular weight excluding hydrogens is 166 g/mol. The molecule has 1 amide bonds. The van der Waals surface area contributed by atoms with E-state index in [1.165, 1.54) is 0 Å². The fourth-order valence-electron chi connectivity index (χ4n) is 1.05. The van der Waals surface area contributed by atoms with Crippen molar-refractivity contribution in [1.82, 2.24) is 10.4 Å². The summed E-state index contributed by atoms with van der Waals surface area (Å²) in [5.74, 6) is 0.0815. The second-order valence-electron chi connectivity index (χ2n) is 3.37. The third-order valence-corrected chi connectivity index (χ3v) is 1.52. The second-order valence-corrected chi connectivity index (χ2v) is 3.37. The number of hydrazine groups is 1. The van der Waals surface area contributed by atoms with E-state index in [4.69, 9.17) is 5.73 Å². The number of carbonyl (C=O) groups excluding carboxylic acids is 1. The Morgan fingerprint density at radius 3 is 2.54 bits per heavy atom. The van der Waals surface area contributed by atoms with Crippen molar-refractivity contribution in [3.63, 3.8) is 0 Å². The van der Waals surface area contributed by atoms with Crippen molar-refractivity contribution >= 4 is 5.91 Å². The number of nitrogens with two attached hydrogens (primary N) is 1. The van der Waals surface area contributed by atoms with Crippen LogP contribution in [0.15, 0.2) is 0 Å². The fourth-order valence-corrected chi connectivity index (χ4v) is 1.05. The highest BCUT2D eigenvalue weighted by Gasteiger charge is 2.11. The molecule has 0 aromatic rings. The number of hydrogen-bond acceptors (Lipinski definition) is 3. The lowest BCUT2D eigenvalue weighted by molar-refractivity contribution is -0.134. The first kappa shape index (κ1) is 12.4. The summed E-state index contributed by atoms with van der Waals surface area (Å²) in [7, 11) is 0. The molecule has 0 atom stereocenters. The number of rotatable bonds is 6. The Labute approximate surface area is 80.4 Å². The summed E-state index contributed by atoms with van der Waals surface area (Å²) >= 11 is 0. The quantitative estimate of drug-likeness (QED) is 0.595. The molecule has 0 saturated heterocycles. The van der Waals surface area contributed by atoms with Crippen LogP contribution in [0.25, 0.3) is 0 Å². The highest BCUT2D eigenvalue weighted by Crippen LogP contribution is 1.93. The van der Waals surface area contributed by atoms with Crippen LogP contribution in [-0.4, -0.2) is 30.0 Å².